The third-order valence-corrected chi connectivity index (χ3v) is 5.78. The maximum atomic E-state index is 14.1. The summed E-state index contributed by atoms with van der Waals surface area (Å²) in [7, 11) is 1.57. The van der Waals surface area contributed by atoms with Crippen LogP contribution in [0.5, 0.6) is 5.75 Å². The Kier molecular flexibility index (Phi) is 10.1. The number of rotatable bonds is 9. The van der Waals surface area contributed by atoms with Crippen molar-refractivity contribution in [2.45, 2.75) is 79.1 Å². The van der Waals surface area contributed by atoms with Gasteiger partial charge in [0.1, 0.15) is 23.4 Å². The zero-order valence-corrected chi connectivity index (χ0v) is 23.4. The lowest BCUT2D eigenvalue weighted by Gasteiger charge is -2.38. The first kappa shape index (κ1) is 29.7. The number of nitrogens with zero attached hydrogens (tertiary/aromatic N) is 1. The first-order chi connectivity index (χ1) is 17.2. The molecule has 8 nitrogen and oxygen atoms in total. The Morgan fingerprint density at radius 2 is 1.51 bits per heavy atom. The zero-order chi connectivity index (χ0) is 27.9. The Bertz CT molecular complexity index is 1070. The van der Waals surface area contributed by atoms with Gasteiger partial charge in [-0.2, -0.15) is 0 Å². The van der Waals surface area contributed by atoms with Gasteiger partial charge >= 0.3 is 6.09 Å². The van der Waals surface area contributed by atoms with Gasteiger partial charge in [0, 0.05) is 11.7 Å². The molecule has 0 bridgehead atoms. The molecule has 3 amide bonds. The molecule has 202 valence electrons. The standard InChI is InChI=1S/C29H41N3O5/c1-18(2)24(31-28(35)37-29(6,7)8)27(34)32(19(3)4)25(23-13-11-10-12-20(23)5)26(33)30-21-14-16-22(36-9)17-15-21/h10-19,24-25H,1-9H3,(H,30,33)(H,31,35). The minimum atomic E-state index is -0.933. The number of amides is 3. The Hall–Kier alpha value is -3.55. The minimum Gasteiger partial charge on any atom is -0.497 e. The van der Waals surface area contributed by atoms with Crippen molar-refractivity contribution in [1.29, 1.82) is 0 Å². The van der Waals surface area contributed by atoms with Crippen molar-refractivity contribution in [3.05, 3.63) is 59.7 Å². The lowest BCUT2D eigenvalue weighted by atomic mass is 9.95. The Morgan fingerprint density at radius 1 is 0.919 bits per heavy atom. The highest BCUT2D eigenvalue weighted by molar-refractivity contribution is 5.99. The molecule has 0 aliphatic carbocycles. The molecule has 0 radical (unpaired) electrons. The predicted octanol–water partition coefficient (Wildman–Crippen LogP) is 5.47. The first-order valence-electron chi connectivity index (χ1n) is 12.6. The van der Waals surface area contributed by atoms with Crippen LogP contribution >= 0.6 is 0 Å². The first-order valence-corrected chi connectivity index (χ1v) is 12.6. The van der Waals surface area contributed by atoms with Crippen molar-refractivity contribution in [1.82, 2.24) is 10.2 Å². The average molecular weight is 512 g/mol. The summed E-state index contributed by atoms with van der Waals surface area (Å²) in [5.74, 6) is -0.306. The molecule has 0 aromatic heterocycles. The van der Waals surface area contributed by atoms with Crippen molar-refractivity contribution in [3.8, 4) is 5.75 Å². The fraction of sp³-hybridized carbons (Fsp3) is 0.483. The monoisotopic (exact) mass is 511 g/mol. The van der Waals surface area contributed by atoms with Crippen LogP contribution in [-0.4, -0.2) is 47.6 Å². The van der Waals surface area contributed by atoms with Gasteiger partial charge in [-0.05, 0) is 82.9 Å². The van der Waals surface area contributed by atoms with Crippen molar-refractivity contribution in [2.75, 3.05) is 12.4 Å². The highest BCUT2D eigenvalue weighted by atomic mass is 16.6. The van der Waals surface area contributed by atoms with Crippen molar-refractivity contribution in [2.24, 2.45) is 5.92 Å². The van der Waals surface area contributed by atoms with Crippen molar-refractivity contribution >= 4 is 23.6 Å². The second kappa shape index (κ2) is 12.6. The van der Waals surface area contributed by atoms with E-state index in [1.54, 1.807) is 57.0 Å². The maximum Gasteiger partial charge on any atom is 0.408 e. The molecule has 0 spiro atoms. The number of hydrogen-bond donors (Lipinski definition) is 2. The molecule has 2 atom stereocenters. The van der Waals surface area contributed by atoms with Crippen LogP contribution in [-0.2, 0) is 14.3 Å². The third-order valence-electron chi connectivity index (χ3n) is 5.78. The molecule has 0 saturated carbocycles. The van der Waals surface area contributed by atoms with Crippen molar-refractivity contribution in [3.63, 3.8) is 0 Å². The predicted molar refractivity (Wildman–Crippen MR) is 146 cm³/mol. The topological polar surface area (TPSA) is 97.0 Å². The molecule has 2 aromatic carbocycles. The van der Waals surface area contributed by atoms with Crippen molar-refractivity contribution < 1.29 is 23.9 Å². The summed E-state index contributed by atoms with van der Waals surface area (Å²) < 4.78 is 10.6. The molecule has 0 saturated heterocycles. The van der Waals surface area contributed by atoms with Crippen LogP contribution < -0.4 is 15.4 Å². The number of ether oxygens (including phenoxy) is 2. The van der Waals surface area contributed by atoms with E-state index in [0.29, 0.717) is 17.0 Å². The maximum absolute atomic E-state index is 14.1. The molecular formula is C29H41N3O5. The van der Waals surface area contributed by atoms with E-state index in [1.165, 1.54) is 0 Å². The van der Waals surface area contributed by atoms with E-state index in [9.17, 15) is 14.4 Å². The van der Waals surface area contributed by atoms with Gasteiger partial charge in [-0.15, -0.1) is 0 Å². The van der Waals surface area contributed by atoms with Gasteiger partial charge in [0.05, 0.1) is 7.11 Å². The van der Waals surface area contributed by atoms with E-state index >= 15 is 0 Å². The van der Waals surface area contributed by atoms with Crippen LogP contribution in [0.2, 0.25) is 0 Å². The summed E-state index contributed by atoms with van der Waals surface area (Å²) >= 11 is 0. The van der Waals surface area contributed by atoms with Gasteiger partial charge in [-0.25, -0.2) is 4.79 Å². The number of benzene rings is 2. The average Bonchev–Trinajstić information content (AvgIpc) is 2.80. The second-order valence-electron chi connectivity index (χ2n) is 10.7. The molecular weight excluding hydrogens is 470 g/mol. The lowest BCUT2D eigenvalue weighted by molar-refractivity contribution is -0.143. The Balaban J connectivity index is 2.50. The number of alkyl carbamates (subject to hydrolysis) is 1. The molecule has 0 heterocycles. The fourth-order valence-electron chi connectivity index (χ4n) is 3.98. The van der Waals surface area contributed by atoms with E-state index in [0.717, 1.165) is 5.56 Å². The number of aryl methyl sites for hydroxylation is 1. The molecule has 8 heteroatoms. The Labute approximate surface area is 220 Å². The summed E-state index contributed by atoms with van der Waals surface area (Å²) in [5, 5.41) is 5.68. The van der Waals surface area contributed by atoms with E-state index in [1.807, 2.05) is 58.9 Å². The van der Waals surface area contributed by atoms with Crippen LogP contribution in [0.15, 0.2) is 48.5 Å². The molecule has 0 aliphatic heterocycles. The number of carbonyl (C=O) groups is 3. The number of carbonyl (C=O) groups excluding carboxylic acids is 3. The number of nitrogens with one attached hydrogen (secondary N) is 2. The molecule has 2 aromatic rings. The largest absolute Gasteiger partial charge is 0.497 e. The number of hydrogen-bond acceptors (Lipinski definition) is 5. The van der Waals surface area contributed by atoms with Crippen LogP contribution in [0.1, 0.15) is 65.6 Å². The van der Waals surface area contributed by atoms with Gasteiger partial charge in [0.15, 0.2) is 0 Å². The quantitative estimate of drug-likeness (QED) is 0.465. The minimum absolute atomic E-state index is 0.247. The van der Waals surface area contributed by atoms with Gasteiger partial charge in [0.25, 0.3) is 5.91 Å². The Morgan fingerprint density at radius 3 is 2.00 bits per heavy atom. The van der Waals surface area contributed by atoms with E-state index in [4.69, 9.17) is 9.47 Å². The van der Waals surface area contributed by atoms with E-state index < -0.39 is 23.8 Å². The highest BCUT2D eigenvalue weighted by Gasteiger charge is 2.39. The van der Waals surface area contributed by atoms with Crippen LogP contribution in [0.25, 0.3) is 0 Å². The highest BCUT2D eigenvalue weighted by Crippen LogP contribution is 2.30. The SMILES string of the molecule is COc1ccc(NC(=O)C(c2ccccc2C)N(C(=O)C(NC(=O)OC(C)(C)C)C(C)C)C(C)C)cc1. The fourth-order valence-corrected chi connectivity index (χ4v) is 3.98. The van der Waals surface area contributed by atoms with Crippen LogP contribution in [0.3, 0.4) is 0 Å². The van der Waals surface area contributed by atoms with Crippen LogP contribution in [0, 0.1) is 12.8 Å². The van der Waals surface area contributed by atoms with Gasteiger partial charge in [-0.3, -0.25) is 9.59 Å². The summed E-state index contributed by atoms with van der Waals surface area (Å²) in [6.45, 7) is 14.6. The molecule has 2 N–H and O–H groups in total. The van der Waals surface area contributed by atoms with Gasteiger partial charge in [-0.1, -0.05) is 38.1 Å². The summed E-state index contributed by atoms with van der Waals surface area (Å²) in [4.78, 5) is 42.0. The molecule has 37 heavy (non-hydrogen) atoms. The van der Waals surface area contributed by atoms with E-state index in [-0.39, 0.29) is 23.8 Å². The zero-order valence-electron chi connectivity index (χ0n) is 23.4. The molecule has 2 unspecified atom stereocenters. The molecule has 0 aliphatic rings. The summed E-state index contributed by atoms with van der Waals surface area (Å²) in [6.07, 6.45) is -0.682. The van der Waals surface area contributed by atoms with Gasteiger partial charge < -0.3 is 25.0 Å². The third kappa shape index (κ3) is 8.23. The summed E-state index contributed by atoms with van der Waals surface area (Å²) in [6, 6.07) is 12.3. The normalized spacial score (nSPS) is 13.1. The van der Waals surface area contributed by atoms with E-state index in [2.05, 4.69) is 10.6 Å². The van der Waals surface area contributed by atoms with Gasteiger partial charge in [0.2, 0.25) is 5.91 Å². The molecule has 0 fully saturated rings. The van der Waals surface area contributed by atoms with Crippen LogP contribution in [0.4, 0.5) is 10.5 Å². The number of methoxy groups -OCH3 is 1. The lowest BCUT2D eigenvalue weighted by Crippen LogP contribution is -2.56. The summed E-state index contributed by atoms with van der Waals surface area (Å²) in [5.41, 5.74) is 1.44. The molecule has 2 rings (SSSR count). The smallest absolute Gasteiger partial charge is 0.408 e. The second-order valence-corrected chi connectivity index (χ2v) is 10.7. The number of anilines is 1.